The average Bonchev–Trinajstić information content (AvgIpc) is 2.52. The first-order valence-electron chi connectivity index (χ1n) is 7.89. The van der Waals surface area contributed by atoms with Crippen molar-refractivity contribution in [2.24, 2.45) is 0 Å². The van der Waals surface area contributed by atoms with Crippen LogP contribution in [0.2, 0.25) is 0 Å². The SMILES string of the molecule is O[C@H]1CCCC[C@@H]1Nc1ccccc1Cc1ccccc1. The Morgan fingerprint density at radius 3 is 2.43 bits per heavy atom. The number of rotatable bonds is 4. The normalized spacial score (nSPS) is 22.0. The number of anilines is 1. The van der Waals surface area contributed by atoms with E-state index in [4.69, 9.17) is 0 Å². The van der Waals surface area contributed by atoms with Crippen LogP contribution in [0.5, 0.6) is 0 Å². The molecule has 0 spiro atoms. The highest BCUT2D eigenvalue weighted by Gasteiger charge is 2.23. The van der Waals surface area contributed by atoms with Gasteiger partial charge in [0.2, 0.25) is 0 Å². The van der Waals surface area contributed by atoms with Gasteiger partial charge in [0.25, 0.3) is 0 Å². The van der Waals surface area contributed by atoms with E-state index in [9.17, 15) is 5.11 Å². The van der Waals surface area contributed by atoms with Gasteiger partial charge < -0.3 is 10.4 Å². The molecule has 2 aromatic carbocycles. The van der Waals surface area contributed by atoms with Crippen molar-refractivity contribution in [1.29, 1.82) is 0 Å². The molecule has 1 saturated carbocycles. The minimum Gasteiger partial charge on any atom is -0.391 e. The highest BCUT2D eigenvalue weighted by atomic mass is 16.3. The molecule has 1 aliphatic carbocycles. The van der Waals surface area contributed by atoms with Crippen LogP contribution < -0.4 is 5.32 Å². The molecule has 2 atom stereocenters. The Hall–Kier alpha value is -1.80. The van der Waals surface area contributed by atoms with Gasteiger partial charge in [-0.25, -0.2) is 0 Å². The van der Waals surface area contributed by atoms with E-state index in [0.717, 1.165) is 31.4 Å². The first-order valence-corrected chi connectivity index (χ1v) is 7.89. The fourth-order valence-electron chi connectivity index (χ4n) is 3.11. The molecule has 2 nitrogen and oxygen atoms in total. The number of nitrogens with one attached hydrogen (secondary N) is 1. The van der Waals surface area contributed by atoms with Crippen LogP contribution in [0.4, 0.5) is 5.69 Å². The number of aliphatic hydroxyl groups is 1. The third-order valence-corrected chi connectivity index (χ3v) is 4.33. The van der Waals surface area contributed by atoms with Crippen molar-refractivity contribution >= 4 is 5.69 Å². The number of benzene rings is 2. The molecule has 0 amide bonds. The molecular formula is C19H23NO. The standard InChI is InChI=1S/C19H23NO/c21-19-13-7-6-12-18(19)20-17-11-5-4-10-16(17)14-15-8-2-1-3-9-15/h1-5,8-11,18-21H,6-7,12-14H2/t18-,19-/m0/s1. The van der Waals surface area contributed by atoms with Crippen molar-refractivity contribution < 1.29 is 5.11 Å². The second-order valence-electron chi connectivity index (χ2n) is 5.92. The molecule has 2 N–H and O–H groups in total. The molecule has 0 radical (unpaired) electrons. The van der Waals surface area contributed by atoms with Crippen molar-refractivity contribution in [1.82, 2.24) is 0 Å². The zero-order valence-corrected chi connectivity index (χ0v) is 12.3. The molecule has 0 heterocycles. The third-order valence-electron chi connectivity index (χ3n) is 4.33. The minimum absolute atomic E-state index is 0.190. The molecule has 1 aliphatic rings. The largest absolute Gasteiger partial charge is 0.391 e. The lowest BCUT2D eigenvalue weighted by atomic mass is 9.92. The van der Waals surface area contributed by atoms with Gasteiger partial charge in [-0.05, 0) is 36.5 Å². The molecule has 2 aromatic rings. The van der Waals surface area contributed by atoms with E-state index in [1.807, 2.05) is 6.07 Å². The van der Waals surface area contributed by atoms with Crippen LogP contribution in [0.25, 0.3) is 0 Å². The Kier molecular flexibility index (Phi) is 4.56. The van der Waals surface area contributed by atoms with E-state index in [0.29, 0.717) is 0 Å². The van der Waals surface area contributed by atoms with Crippen molar-refractivity contribution in [2.75, 3.05) is 5.32 Å². The van der Waals surface area contributed by atoms with Crippen LogP contribution in [-0.2, 0) is 6.42 Å². The topological polar surface area (TPSA) is 32.3 Å². The second-order valence-corrected chi connectivity index (χ2v) is 5.92. The van der Waals surface area contributed by atoms with E-state index in [-0.39, 0.29) is 12.1 Å². The lowest BCUT2D eigenvalue weighted by molar-refractivity contribution is 0.116. The maximum atomic E-state index is 10.1. The van der Waals surface area contributed by atoms with Gasteiger partial charge in [-0.3, -0.25) is 0 Å². The van der Waals surface area contributed by atoms with Gasteiger partial charge in [-0.15, -0.1) is 0 Å². The molecule has 2 heteroatoms. The lowest BCUT2D eigenvalue weighted by Crippen LogP contribution is -2.36. The zero-order valence-electron chi connectivity index (χ0n) is 12.3. The van der Waals surface area contributed by atoms with E-state index >= 15 is 0 Å². The smallest absolute Gasteiger partial charge is 0.0741 e. The van der Waals surface area contributed by atoms with Crippen LogP contribution in [0.1, 0.15) is 36.8 Å². The summed E-state index contributed by atoms with van der Waals surface area (Å²) >= 11 is 0. The Morgan fingerprint density at radius 1 is 0.905 bits per heavy atom. The van der Waals surface area contributed by atoms with Gasteiger partial charge in [-0.1, -0.05) is 61.4 Å². The molecule has 3 rings (SSSR count). The fourth-order valence-corrected chi connectivity index (χ4v) is 3.11. The predicted octanol–water partition coefficient (Wildman–Crippen LogP) is 3.99. The molecule has 0 saturated heterocycles. The number of aliphatic hydroxyl groups excluding tert-OH is 1. The zero-order chi connectivity index (χ0) is 14.5. The van der Waals surface area contributed by atoms with E-state index < -0.39 is 0 Å². The van der Waals surface area contributed by atoms with Crippen LogP contribution in [-0.4, -0.2) is 17.3 Å². The van der Waals surface area contributed by atoms with E-state index in [1.54, 1.807) is 0 Å². The molecule has 1 fully saturated rings. The van der Waals surface area contributed by atoms with Crippen LogP contribution in [0.3, 0.4) is 0 Å². The van der Waals surface area contributed by atoms with Crippen molar-refractivity contribution in [3.63, 3.8) is 0 Å². The summed E-state index contributed by atoms with van der Waals surface area (Å²) in [5.74, 6) is 0. The fraction of sp³-hybridized carbons (Fsp3) is 0.368. The summed E-state index contributed by atoms with van der Waals surface area (Å²) in [7, 11) is 0. The maximum Gasteiger partial charge on any atom is 0.0741 e. The maximum absolute atomic E-state index is 10.1. The minimum atomic E-state index is -0.219. The monoisotopic (exact) mass is 281 g/mol. The molecule has 0 aromatic heterocycles. The Balaban J connectivity index is 1.76. The van der Waals surface area contributed by atoms with Gasteiger partial charge in [0.1, 0.15) is 0 Å². The first kappa shape index (κ1) is 14.2. The van der Waals surface area contributed by atoms with Gasteiger partial charge in [0.05, 0.1) is 12.1 Å². The van der Waals surface area contributed by atoms with Crippen molar-refractivity contribution in [3.05, 3.63) is 65.7 Å². The summed E-state index contributed by atoms with van der Waals surface area (Å²) in [5.41, 5.74) is 3.77. The summed E-state index contributed by atoms with van der Waals surface area (Å²) in [5, 5.41) is 13.7. The summed E-state index contributed by atoms with van der Waals surface area (Å²) in [6.45, 7) is 0. The highest BCUT2D eigenvalue weighted by molar-refractivity contribution is 5.53. The molecule has 21 heavy (non-hydrogen) atoms. The average molecular weight is 281 g/mol. The third kappa shape index (κ3) is 3.64. The Labute approximate surface area is 126 Å². The number of hydrogen-bond acceptors (Lipinski definition) is 2. The van der Waals surface area contributed by atoms with Gasteiger partial charge in [0, 0.05) is 5.69 Å². The predicted molar refractivity (Wildman–Crippen MR) is 87.6 cm³/mol. The van der Waals surface area contributed by atoms with Crippen LogP contribution in [0, 0.1) is 0 Å². The highest BCUT2D eigenvalue weighted by Crippen LogP contribution is 2.25. The van der Waals surface area contributed by atoms with E-state index in [1.165, 1.54) is 17.5 Å². The lowest BCUT2D eigenvalue weighted by Gasteiger charge is -2.30. The van der Waals surface area contributed by atoms with Gasteiger partial charge in [-0.2, -0.15) is 0 Å². The van der Waals surface area contributed by atoms with Crippen LogP contribution >= 0.6 is 0 Å². The number of para-hydroxylation sites is 1. The first-order chi connectivity index (χ1) is 10.3. The van der Waals surface area contributed by atoms with Gasteiger partial charge >= 0.3 is 0 Å². The van der Waals surface area contributed by atoms with Gasteiger partial charge in [0.15, 0.2) is 0 Å². The molecular weight excluding hydrogens is 258 g/mol. The Bertz CT molecular complexity index is 567. The van der Waals surface area contributed by atoms with E-state index in [2.05, 4.69) is 53.8 Å². The summed E-state index contributed by atoms with van der Waals surface area (Å²) < 4.78 is 0. The second kappa shape index (κ2) is 6.77. The summed E-state index contributed by atoms with van der Waals surface area (Å²) in [4.78, 5) is 0. The Morgan fingerprint density at radius 2 is 1.62 bits per heavy atom. The summed E-state index contributed by atoms with van der Waals surface area (Å²) in [6, 6.07) is 19.2. The molecule has 110 valence electrons. The number of hydrogen-bond donors (Lipinski definition) is 2. The molecule has 0 unspecified atom stereocenters. The van der Waals surface area contributed by atoms with Crippen LogP contribution in [0.15, 0.2) is 54.6 Å². The van der Waals surface area contributed by atoms with Crippen molar-refractivity contribution in [2.45, 2.75) is 44.2 Å². The van der Waals surface area contributed by atoms with Crippen molar-refractivity contribution in [3.8, 4) is 0 Å². The molecule has 0 bridgehead atoms. The summed E-state index contributed by atoms with van der Waals surface area (Å²) in [6.07, 6.45) is 5.02. The molecule has 0 aliphatic heterocycles. The quantitative estimate of drug-likeness (QED) is 0.888.